The van der Waals surface area contributed by atoms with Crippen LogP contribution in [0.3, 0.4) is 0 Å². The second-order valence-corrected chi connectivity index (χ2v) is 9.54. The molecule has 8 heteroatoms. The van der Waals surface area contributed by atoms with Gasteiger partial charge in [-0.3, -0.25) is 0 Å². The van der Waals surface area contributed by atoms with E-state index in [0.29, 0.717) is 17.4 Å². The van der Waals surface area contributed by atoms with Crippen molar-refractivity contribution < 1.29 is 17.9 Å². The highest BCUT2D eigenvalue weighted by Crippen LogP contribution is 2.26. The summed E-state index contributed by atoms with van der Waals surface area (Å²) in [6.45, 7) is 6.05. The molecule has 0 radical (unpaired) electrons. The molecule has 6 nitrogen and oxygen atoms in total. The van der Waals surface area contributed by atoms with Crippen LogP contribution in [-0.4, -0.2) is 43.5 Å². The Morgan fingerprint density at radius 1 is 1.33 bits per heavy atom. The van der Waals surface area contributed by atoms with Gasteiger partial charge in [-0.05, 0) is 61.7 Å². The van der Waals surface area contributed by atoms with Crippen LogP contribution in [0, 0.1) is 0 Å². The quantitative estimate of drug-likeness (QED) is 0.817. The summed E-state index contributed by atoms with van der Waals surface area (Å²) in [5.74, 6) is 0. The molecule has 1 aliphatic heterocycles. The van der Waals surface area contributed by atoms with Gasteiger partial charge in [0.1, 0.15) is 5.60 Å². The van der Waals surface area contributed by atoms with Crippen molar-refractivity contribution in [1.82, 2.24) is 9.62 Å². The molecule has 1 aliphatic rings. The van der Waals surface area contributed by atoms with E-state index < -0.39 is 21.7 Å². The molecule has 1 heterocycles. The molecule has 1 aromatic rings. The third kappa shape index (κ3) is 4.94. The van der Waals surface area contributed by atoms with E-state index in [1.54, 1.807) is 45.0 Å². The van der Waals surface area contributed by atoms with Crippen molar-refractivity contribution in [2.45, 2.75) is 50.2 Å². The fourth-order valence-electron chi connectivity index (χ4n) is 2.55. The van der Waals surface area contributed by atoms with Gasteiger partial charge in [0.15, 0.2) is 0 Å². The van der Waals surface area contributed by atoms with Gasteiger partial charge in [-0.15, -0.1) is 0 Å². The van der Waals surface area contributed by atoms with Gasteiger partial charge in [-0.2, -0.15) is 4.31 Å². The Balaban J connectivity index is 2.08. The van der Waals surface area contributed by atoms with E-state index in [1.807, 2.05) is 0 Å². The van der Waals surface area contributed by atoms with Gasteiger partial charge >= 0.3 is 6.09 Å². The van der Waals surface area contributed by atoms with Crippen LogP contribution in [-0.2, 0) is 14.8 Å². The highest BCUT2D eigenvalue weighted by Gasteiger charge is 2.32. The molecule has 1 saturated heterocycles. The summed E-state index contributed by atoms with van der Waals surface area (Å²) in [7, 11) is -3.60. The van der Waals surface area contributed by atoms with E-state index in [1.165, 1.54) is 4.31 Å². The van der Waals surface area contributed by atoms with Crippen LogP contribution in [0.4, 0.5) is 4.79 Å². The van der Waals surface area contributed by atoms with Crippen molar-refractivity contribution in [2.75, 3.05) is 13.1 Å². The van der Waals surface area contributed by atoms with Crippen LogP contribution in [0.15, 0.2) is 33.6 Å². The summed E-state index contributed by atoms with van der Waals surface area (Å²) < 4.78 is 32.8. The van der Waals surface area contributed by atoms with E-state index in [0.717, 1.165) is 6.42 Å². The van der Waals surface area contributed by atoms with Crippen LogP contribution in [0.1, 0.15) is 33.6 Å². The molecule has 24 heavy (non-hydrogen) atoms. The summed E-state index contributed by atoms with van der Waals surface area (Å²) in [4.78, 5) is 12.1. The minimum Gasteiger partial charge on any atom is -0.444 e. The molecule has 1 aromatic carbocycles. The minimum absolute atomic E-state index is 0.239. The number of nitrogens with zero attached hydrogens (tertiary/aromatic N) is 1. The number of rotatable bonds is 3. The number of hydrogen-bond donors (Lipinski definition) is 1. The number of halogens is 1. The molecule has 1 unspecified atom stereocenters. The summed E-state index contributed by atoms with van der Waals surface area (Å²) in [6.07, 6.45) is 0.887. The average molecular weight is 419 g/mol. The summed E-state index contributed by atoms with van der Waals surface area (Å²) in [5.41, 5.74) is -0.584. The Labute approximate surface area is 151 Å². The third-order valence-corrected chi connectivity index (χ3v) is 6.44. The fourth-order valence-corrected chi connectivity index (χ4v) is 5.03. The molecule has 2 rings (SSSR count). The van der Waals surface area contributed by atoms with Gasteiger partial charge in [0.25, 0.3) is 0 Å². The van der Waals surface area contributed by atoms with Crippen LogP contribution >= 0.6 is 15.9 Å². The van der Waals surface area contributed by atoms with Crippen molar-refractivity contribution in [1.29, 1.82) is 0 Å². The lowest BCUT2D eigenvalue weighted by molar-refractivity contribution is 0.0487. The van der Waals surface area contributed by atoms with Crippen LogP contribution < -0.4 is 5.32 Å². The molecule has 1 amide bonds. The predicted molar refractivity (Wildman–Crippen MR) is 95.3 cm³/mol. The zero-order valence-corrected chi connectivity index (χ0v) is 16.5. The fraction of sp³-hybridized carbons (Fsp3) is 0.562. The highest BCUT2D eigenvalue weighted by molar-refractivity contribution is 9.10. The third-order valence-electron chi connectivity index (χ3n) is 3.56. The maximum atomic E-state index is 12.8. The molecule has 1 fully saturated rings. The van der Waals surface area contributed by atoms with E-state index in [-0.39, 0.29) is 17.5 Å². The molecular formula is C16H23BrN2O4S. The van der Waals surface area contributed by atoms with Crippen LogP contribution in [0.25, 0.3) is 0 Å². The van der Waals surface area contributed by atoms with Crippen molar-refractivity contribution >= 4 is 32.0 Å². The van der Waals surface area contributed by atoms with Gasteiger partial charge < -0.3 is 10.1 Å². The second kappa shape index (κ2) is 7.41. The van der Waals surface area contributed by atoms with E-state index in [9.17, 15) is 13.2 Å². The largest absolute Gasteiger partial charge is 0.444 e. The number of carbonyl (C=O) groups is 1. The lowest BCUT2D eigenvalue weighted by Gasteiger charge is -2.33. The summed E-state index contributed by atoms with van der Waals surface area (Å²) >= 11 is 3.29. The molecule has 1 atom stereocenters. The normalized spacial score (nSPS) is 19.8. The van der Waals surface area contributed by atoms with Gasteiger partial charge in [0.05, 0.1) is 4.90 Å². The SMILES string of the molecule is CC(C)(C)OC(=O)NC1CCCN(S(=O)(=O)c2ccccc2Br)C1. The van der Waals surface area contributed by atoms with E-state index in [4.69, 9.17) is 4.74 Å². The molecule has 0 aliphatic carbocycles. The second-order valence-electron chi connectivity index (χ2n) is 6.78. The first-order valence-corrected chi connectivity index (χ1v) is 10.1. The number of piperidine rings is 1. The van der Waals surface area contributed by atoms with Crippen molar-refractivity contribution in [3.05, 3.63) is 28.7 Å². The molecule has 1 N–H and O–H groups in total. The zero-order valence-electron chi connectivity index (χ0n) is 14.1. The number of carbonyl (C=O) groups excluding carboxylic acids is 1. The number of alkyl carbamates (subject to hydrolysis) is 1. The van der Waals surface area contributed by atoms with Crippen LogP contribution in [0.5, 0.6) is 0 Å². The monoisotopic (exact) mass is 418 g/mol. The Hall–Kier alpha value is -1.12. The molecule has 0 saturated carbocycles. The minimum atomic E-state index is -3.60. The van der Waals surface area contributed by atoms with Gasteiger partial charge in [-0.25, -0.2) is 13.2 Å². The smallest absolute Gasteiger partial charge is 0.407 e. The van der Waals surface area contributed by atoms with Gasteiger partial charge in [0, 0.05) is 23.6 Å². The number of nitrogens with one attached hydrogen (secondary N) is 1. The first-order chi connectivity index (χ1) is 11.1. The average Bonchev–Trinajstić information content (AvgIpc) is 2.45. The zero-order chi connectivity index (χ0) is 18.0. The summed E-state index contributed by atoms with van der Waals surface area (Å²) in [6, 6.07) is 6.48. The number of benzene rings is 1. The molecule has 0 spiro atoms. The molecule has 134 valence electrons. The van der Waals surface area contributed by atoms with Gasteiger partial charge in [0.2, 0.25) is 10.0 Å². The Morgan fingerprint density at radius 2 is 2.00 bits per heavy atom. The predicted octanol–water partition coefficient (Wildman–Crippen LogP) is 3.13. The Bertz CT molecular complexity index is 700. The first kappa shape index (κ1) is 19.2. The Morgan fingerprint density at radius 3 is 2.62 bits per heavy atom. The van der Waals surface area contributed by atoms with Crippen molar-refractivity contribution in [3.63, 3.8) is 0 Å². The molecule has 0 aromatic heterocycles. The van der Waals surface area contributed by atoms with E-state index in [2.05, 4.69) is 21.2 Å². The molecular weight excluding hydrogens is 396 g/mol. The first-order valence-electron chi connectivity index (χ1n) is 7.84. The Kier molecular flexibility index (Phi) is 5.93. The number of ether oxygens (including phenoxy) is 1. The summed E-state index contributed by atoms with van der Waals surface area (Å²) in [5, 5.41) is 2.76. The number of sulfonamides is 1. The number of hydrogen-bond acceptors (Lipinski definition) is 4. The maximum absolute atomic E-state index is 12.8. The van der Waals surface area contributed by atoms with E-state index >= 15 is 0 Å². The van der Waals surface area contributed by atoms with Crippen molar-refractivity contribution in [2.24, 2.45) is 0 Å². The lowest BCUT2D eigenvalue weighted by Crippen LogP contribution is -2.50. The molecule has 0 bridgehead atoms. The number of amides is 1. The standard InChI is InChI=1S/C16H23BrN2O4S/c1-16(2,3)23-15(20)18-12-7-6-10-19(11-12)24(21,22)14-9-5-4-8-13(14)17/h4-5,8-9,12H,6-7,10-11H2,1-3H3,(H,18,20). The van der Waals surface area contributed by atoms with Crippen LogP contribution in [0.2, 0.25) is 0 Å². The highest BCUT2D eigenvalue weighted by atomic mass is 79.9. The lowest BCUT2D eigenvalue weighted by atomic mass is 10.1. The topological polar surface area (TPSA) is 75.7 Å². The van der Waals surface area contributed by atoms with Gasteiger partial charge in [-0.1, -0.05) is 12.1 Å². The maximum Gasteiger partial charge on any atom is 0.407 e. The van der Waals surface area contributed by atoms with Crippen molar-refractivity contribution in [3.8, 4) is 0 Å².